The van der Waals surface area contributed by atoms with Gasteiger partial charge in [-0.1, -0.05) is 54.1 Å². The van der Waals surface area contributed by atoms with Crippen molar-refractivity contribution >= 4 is 68.1 Å². The van der Waals surface area contributed by atoms with Gasteiger partial charge in [0.1, 0.15) is 5.75 Å². The zero-order valence-electron chi connectivity index (χ0n) is 26.3. The van der Waals surface area contributed by atoms with Crippen molar-refractivity contribution in [3.63, 3.8) is 0 Å². The summed E-state index contributed by atoms with van der Waals surface area (Å²) >= 11 is 5.56. The van der Waals surface area contributed by atoms with Crippen LogP contribution in [0.1, 0.15) is 11.1 Å². The van der Waals surface area contributed by atoms with E-state index < -0.39 is 26.6 Å². The van der Waals surface area contributed by atoms with Gasteiger partial charge < -0.3 is 10.4 Å². The molecule has 12 nitrogen and oxygen atoms in total. The summed E-state index contributed by atoms with van der Waals surface area (Å²) in [5, 5.41) is 43.1. The molecule has 0 unspecified atom stereocenters. The molecule has 0 fully saturated rings. The lowest BCUT2D eigenvalue weighted by Crippen LogP contribution is -2.06. The normalized spacial score (nSPS) is 11.4. The Morgan fingerprint density at radius 2 is 1.48 bits per heavy atom. The number of non-ortho nitro benzene ring substituents is 2. The summed E-state index contributed by atoms with van der Waals surface area (Å²) in [5.41, 5.74) is 2.18. The molecule has 0 aliphatic carbocycles. The Kier molecular flexibility index (Phi) is 9.78. The number of fused-ring (bicyclic) bond motifs is 2. The number of nitro benzene ring substituents is 2. The van der Waals surface area contributed by atoms with Crippen molar-refractivity contribution in [2.45, 2.75) is 6.18 Å². The fourth-order valence-corrected chi connectivity index (χ4v) is 5.38. The van der Waals surface area contributed by atoms with Gasteiger partial charge in [0, 0.05) is 35.7 Å². The number of nitrogens with one attached hydrogen (secondary N) is 1. The number of alkyl halides is 3. The van der Waals surface area contributed by atoms with Crippen molar-refractivity contribution < 1.29 is 32.8 Å². The highest BCUT2D eigenvalue weighted by molar-refractivity contribution is 6.31. The van der Waals surface area contributed by atoms with Crippen LogP contribution in [0.5, 0.6) is 5.75 Å². The molecule has 0 radical (unpaired) electrons. The number of halogens is 4. The van der Waals surface area contributed by atoms with Gasteiger partial charge in [-0.3, -0.25) is 25.2 Å². The zero-order chi connectivity index (χ0) is 37.0. The maximum atomic E-state index is 12.9. The van der Waals surface area contributed by atoms with E-state index in [0.29, 0.717) is 5.56 Å². The predicted molar refractivity (Wildman–Crippen MR) is 190 cm³/mol. The van der Waals surface area contributed by atoms with E-state index in [4.69, 9.17) is 11.6 Å². The molecule has 0 aliphatic rings. The number of aromatic nitrogens is 2. The maximum absolute atomic E-state index is 12.9. The van der Waals surface area contributed by atoms with Crippen molar-refractivity contribution in [2.75, 3.05) is 5.32 Å². The van der Waals surface area contributed by atoms with Gasteiger partial charge in [0.15, 0.2) is 5.52 Å². The molecular weight excluding hydrogens is 705 g/mol. The molecule has 0 bridgehead atoms. The first-order valence-corrected chi connectivity index (χ1v) is 15.4. The lowest BCUT2D eigenvalue weighted by atomic mass is 10.0. The van der Waals surface area contributed by atoms with Gasteiger partial charge in [-0.25, -0.2) is 4.63 Å². The van der Waals surface area contributed by atoms with Gasteiger partial charge in [-0.2, -0.15) is 13.2 Å². The number of hydrogen-bond donors (Lipinski definition) is 2. The lowest BCUT2D eigenvalue weighted by molar-refractivity contribution is -0.384. The van der Waals surface area contributed by atoms with Crippen LogP contribution in [-0.4, -0.2) is 31.5 Å². The molecule has 0 spiro atoms. The summed E-state index contributed by atoms with van der Waals surface area (Å²) in [6.45, 7) is 0. The van der Waals surface area contributed by atoms with E-state index in [1.165, 1.54) is 24.3 Å². The van der Waals surface area contributed by atoms with Gasteiger partial charge in [0.2, 0.25) is 5.52 Å². The summed E-state index contributed by atoms with van der Waals surface area (Å²) in [4.78, 5) is 25.1. The van der Waals surface area contributed by atoms with Crippen LogP contribution in [0.25, 0.3) is 32.9 Å². The van der Waals surface area contributed by atoms with Crippen molar-refractivity contribution in [3.8, 4) is 16.9 Å². The first kappa shape index (κ1) is 35.0. The monoisotopic (exact) mass is 726 g/mol. The van der Waals surface area contributed by atoms with Gasteiger partial charge >= 0.3 is 11.9 Å². The number of phenolic OH excluding ortho intramolecular Hbond substituents is 1. The molecule has 260 valence electrons. The minimum Gasteiger partial charge on any atom is -0.507 e. The molecular formula is C36H22ClF3N6O6. The van der Waals surface area contributed by atoms with Gasteiger partial charge in [-0.05, 0) is 86.8 Å². The minimum absolute atomic E-state index is 0.0210. The Bertz CT molecular complexity index is 2470. The van der Waals surface area contributed by atoms with E-state index >= 15 is 0 Å². The second kappa shape index (κ2) is 14.5. The highest BCUT2D eigenvalue weighted by atomic mass is 35.5. The number of phenols is 1. The summed E-state index contributed by atoms with van der Waals surface area (Å²) in [5.74, 6) is 0.185. The molecule has 1 aromatic heterocycles. The van der Waals surface area contributed by atoms with E-state index in [9.17, 15) is 38.5 Å². The first-order chi connectivity index (χ1) is 24.9. The lowest BCUT2D eigenvalue weighted by Gasteiger charge is -2.12. The molecule has 16 heteroatoms. The van der Waals surface area contributed by atoms with E-state index in [2.05, 4.69) is 25.3 Å². The Balaban J connectivity index is 0.000000181. The molecule has 52 heavy (non-hydrogen) atoms. The van der Waals surface area contributed by atoms with Gasteiger partial charge in [0.25, 0.3) is 5.69 Å². The summed E-state index contributed by atoms with van der Waals surface area (Å²) in [6.07, 6.45) is -2.95. The standard InChI is InChI=1S/C23H16N2O3.C13H6ClF3N4O3/c26-23-14-9-18-3-1-2-4-21(18)22(23)15-24-19-10-5-16(6-11-19)17-7-12-20(13-8-17)25(27)28;14-8-2-1-6(5-7(8)13(15,16)17)18-9-3-4-10(21(22)23)12-11(9)19-24-20-12/h1-15,26H;1-5,18H. The Morgan fingerprint density at radius 3 is 2.15 bits per heavy atom. The number of benzene rings is 6. The van der Waals surface area contributed by atoms with E-state index in [0.717, 1.165) is 45.8 Å². The van der Waals surface area contributed by atoms with Crippen LogP contribution in [0, 0.1) is 20.2 Å². The summed E-state index contributed by atoms with van der Waals surface area (Å²) in [7, 11) is 0. The molecule has 0 atom stereocenters. The maximum Gasteiger partial charge on any atom is 0.417 e. The third kappa shape index (κ3) is 7.64. The minimum atomic E-state index is -4.62. The van der Waals surface area contributed by atoms with Crippen molar-refractivity contribution in [1.29, 1.82) is 0 Å². The molecule has 0 aliphatic heterocycles. The molecule has 7 aromatic rings. The Labute approximate surface area is 295 Å². The third-order valence-corrected chi connectivity index (χ3v) is 8.04. The van der Waals surface area contributed by atoms with Crippen LogP contribution >= 0.6 is 11.6 Å². The van der Waals surface area contributed by atoms with Crippen LogP contribution in [0.15, 0.2) is 125 Å². The fraction of sp³-hybridized carbons (Fsp3) is 0.0278. The van der Waals surface area contributed by atoms with Crippen molar-refractivity contribution in [1.82, 2.24) is 10.3 Å². The quantitative estimate of drug-likeness (QED) is 0.0921. The zero-order valence-corrected chi connectivity index (χ0v) is 27.0. The van der Waals surface area contributed by atoms with Crippen LogP contribution in [-0.2, 0) is 6.18 Å². The topological polar surface area (TPSA) is 170 Å². The summed E-state index contributed by atoms with van der Waals surface area (Å²) in [6, 6.07) is 31.1. The van der Waals surface area contributed by atoms with Crippen LogP contribution in [0.3, 0.4) is 0 Å². The molecule has 0 saturated carbocycles. The highest BCUT2D eigenvalue weighted by Crippen LogP contribution is 2.38. The molecule has 0 saturated heterocycles. The van der Waals surface area contributed by atoms with Crippen LogP contribution in [0.4, 0.5) is 41.6 Å². The molecule has 7 rings (SSSR count). The second-order valence-electron chi connectivity index (χ2n) is 11.0. The number of aliphatic imine (C=N–C) groups is 1. The molecule has 1 heterocycles. The SMILES string of the molecule is O=[N+]([O-])c1ccc(-c2ccc(N=Cc3c(O)ccc4ccccc34)cc2)cc1.O=[N+]([O-])c1ccc(Nc2ccc(Cl)c(C(F)(F)F)c2)c2nonc12. The van der Waals surface area contributed by atoms with Gasteiger partial charge in [0.05, 0.1) is 31.8 Å². The highest BCUT2D eigenvalue weighted by Gasteiger charge is 2.33. The largest absolute Gasteiger partial charge is 0.507 e. The predicted octanol–water partition coefficient (Wildman–Crippen LogP) is 10.4. The smallest absolute Gasteiger partial charge is 0.417 e. The fourth-order valence-electron chi connectivity index (χ4n) is 5.15. The Morgan fingerprint density at radius 1 is 0.808 bits per heavy atom. The third-order valence-electron chi connectivity index (χ3n) is 7.71. The van der Waals surface area contributed by atoms with E-state index in [1.807, 2.05) is 54.6 Å². The Hall–Kier alpha value is -6.87. The molecule has 2 N–H and O–H groups in total. The average Bonchev–Trinajstić information content (AvgIpc) is 3.63. The average molecular weight is 727 g/mol. The van der Waals surface area contributed by atoms with E-state index in [1.54, 1.807) is 24.4 Å². The number of hydrogen-bond acceptors (Lipinski definition) is 10. The molecule has 6 aromatic carbocycles. The summed E-state index contributed by atoms with van der Waals surface area (Å²) < 4.78 is 43.2. The number of anilines is 2. The number of aromatic hydroxyl groups is 1. The van der Waals surface area contributed by atoms with Crippen LogP contribution < -0.4 is 5.32 Å². The van der Waals surface area contributed by atoms with E-state index in [-0.39, 0.29) is 39.5 Å². The number of nitrogens with zero attached hydrogens (tertiary/aromatic N) is 5. The number of rotatable bonds is 7. The van der Waals surface area contributed by atoms with Crippen molar-refractivity contribution in [3.05, 3.63) is 152 Å². The first-order valence-electron chi connectivity index (χ1n) is 15.0. The van der Waals surface area contributed by atoms with Crippen LogP contribution in [0.2, 0.25) is 5.02 Å². The molecule has 0 amide bonds. The van der Waals surface area contributed by atoms with Gasteiger partial charge in [-0.15, -0.1) is 0 Å². The second-order valence-corrected chi connectivity index (χ2v) is 11.4. The van der Waals surface area contributed by atoms with Crippen molar-refractivity contribution in [2.24, 2.45) is 4.99 Å². The number of nitro groups is 2.